The Morgan fingerprint density at radius 1 is 1.32 bits per heavy atom. The second-order valence-corrected chi connectivity index (χ2v) is 7.86. The third kappa shape index (κ3) is 4.02. The number of likely N-dealkylation sites (tertiary alicyclic amines) is 1. The van der Waals surface area contributed by atoms with Gasteiger partial charge in [0, 0.05) is 31.3 Å². The molecule has 0 bridgehead atoms. The standard InChI is InChI=1S/C18H33NO3/c1-8-15(22-14(3)20)18(6,7)17(4,5)12-13(2)19-11-9-10-16(19)21/h13,15H,8-12H2,1-7H3. The quantitative estimate of drug-likeness (QED) is 0.672. The Morgan fingerprint density at radius 3 is 2.32 bits per heavy atom. The van der Waals surface area contributed by atoms with Crippen LogP contribution in [0.4, 0.5) is 0 Å². The molecule has 1 saturated heterocycles. The van der Waals surface area contributed by atoms with Crippen molar-refractivity contribution < 1.29 is 14.3 Å². The number of hydrogen-bond donors (Lipinski definition) is 0. The highest BCUT2D eigenvalue weighted by molar-refractivity contribution is 5.78. The average molecular weight is 311 g/mol. The molecule has 0 radical (unpaired) electrons. The summed E-state index contributed by atoms with van der Waals surface area (Å²) in [5.41, 5.74) is -0.212. The molecule has 1 heterocycles. The molecule has 2 atom stereocenters. The summed E-state index contributed by atoms with van der Waals surface area (Å²) < 4.78 is 5.56. The summed E-state index contributed by atoms with van der Waals surface area (Å²) in [4.78, 5) is 25.3. The number of rotatable bonds is 7. The Labute approximate surface area is 135 Å². The van der Waals surface area contributed by atoms with Crippen LogP contribution in [0.15, 0.2) is 0 Å². The van der Waals surface area contributed by atoms with Crippen LogP contribution in [0.5, 0.6) is 0 Å². The molecule has 1 rings (SSSR count). The highest BCUT2D eigenvalue weighted by atomic mass is 16.5. The first-order chi connectivity index (χ1) is 10.0. The molecule has 4 nitrogen and oxygen atoms in total. The molecular formula is C18H33NO3. The molecule has 0 aromatic rings. The van der Waals surface area contributed by atoms with E-state index in [9.17, 15) is 9.59 Å². The van der Waals surface area contributed by atoms with Gasteiger partial charge in [0.05, 0.1) is 0 Å². The van der Waals surface area contributed by atoms with E-state index in [4.69, 9.17) is 4.74 Å². The van der Waals surface area contributed by atoms with Gasteiger partial charge in [-0.25, -0.2) is 0 Å². The summed E-state index contributed by atoms with van der Waals surface area (Å²) in [6.45, 7) is 15.3. The molecule has 0 N–H and O–H groups in total. The summed E-state index contributed by atoms with van der Waals surface area (Å²) in [6.07, 6.45) is 3.25. The first-order valence-electron chi connectivity index (χ1n) is 8.49. The van der Waals surface area contributed by atoms with Gasteiger partial charge < -0.3 is 9.64 Å². The van der Waals surface area contributed by atoms with Crippen LogP contribution >= 0.6 is 0 Å². The van der Waals surface area contributed by atoms with Crippen LogP contribution in [-0.2, 0) is 14.3 Å². The maximum absolute atomic E-state index is 11.9. The fourth-order valence-corrected chi connectivity index (χ4v) is 3.62. The fourth-order valence-electron chi connectivity index (χ4n) is 3.62. The van der Waals surface area contributed by atoms with Gasteiger partial charge in [-0.1, -0.05) is 34.6 Å². The largest absolute Gasteiger partial charge is 0.462 e. The molecule has 22 heavy (non-hydrogen) atoms. The number of amides is 1. The van der Waals surface area contributed by atoms with Crippen molar-refractivity contribution in [3.63, 3.8) is 0 Å². The van der Waals surface area contributed by atoms with Crippen molar-refractivity contribution in [2.75, 3.05) is 6.54 Å². The zero-order valence-corrected chi connectivity index (χ0v) is 15.4. The van der Waals surface area contributed by atoms with Crippen LogP contribution in [-0.4, -0.2) is 35.5 Å². The van der Waals surface area contributed by atoms with Crippen LogP contribution < -0.4 is 0 Å². The van der Waals surface area contributed by atoms with Crippen molar-refractivity contribution in [3.05, 3.63) is 0 Å². The molecule has 0 spiro atoms. The van der Waals surface area contributed by atoms with Crippen LogP contribution in [0, 0.1) is 10.8 Å². The molecule has 1 aliphatic heterocycles. The van der Waals surface area contributed by atoms with E-state index >= 15 is 0 Å². The van der Waals surface area contributed by atoms with Crippen LogP contribution in [0.2, 0.25) is 0 Å². The van der Waals surface area contributed by atoms with E-state index < -0.39 is 0 Å². The molecule has 4 heteroatoms. The van der Waals surface area contributed by atoms with Gasteiger partial charge in [-0.05, 0) is 31.6 Å². The zero-order valence-electron chi connectivity index (χ0n) is 15.4. The lowest BCUT2D eigenvalue weighted by Gasteiger charge is -2.48. The maximum Gasteiger partial charge on any atom is 0.302 e. The van der Waals surface area contributed by atoms with E-state index in [1.807, 2.05) is 4.90 Å². The molecule has 1 amide bonds. The molecule has 1 aliphatic rings. The van der Waals surface area contributed by atoms with Gasteiger partial charge in [-0.3, -0.25) is 9.59 Å². The third-order valence-corrected chi connectivity index (χ3v) is 5.68. The fraction of sp³-hybridized carbons (Fsp3) is 0.889. The highest BCUT2D eigenvalue weighted by Crippen LogP contribution is 2.47. The summed E-state index contributed by atoms with van der Waals surface area (Å²) in [7, 11) is 0. The van der Waals surface area contributed by atoms with Crippen molar-refractivity contribution in [1.82, 2.24) is 4.90 Å². The van der Waals surface area contributed by atoms with E-state index in [1.54, 1.807) is 0 Å². The molecule has 128 valence electrons. The maximum atomic E-state index is 11.9. The number of esters is 1. The lowest BCUT2D eigenvalue weighted by atomic mass is 9.61. The summed E-state index contributed by atoms with van der Waals surface area (Å²) >= 11 is 0. The SMILES string of the molecule is CCC(OC(C)=O)C(C)(C)C(C)(C)CC(C)N1CCCC1=O. The molecule has 1 fully saturated rings. The monoisotopic (exact) mass is 311 g/mol. The van der Waals surface area contributed by atoms with Crippen molar-refractivity contribution >= 4 is 11.9 Å². The van der Waals surface area contributed by atoms with Gasteiger partial charge in [0.2, 0.25) is 5.91 Å². The number of carbonyl (C=O) groups is 2. The van der Waals surface area contributed by atoms with Crippen molar-refractivity contribution in [2.45, 2.75) is 86.3 Å². The predicted molar refractivity (Wildman–Crippen MR) is 88.4 cm³/mol. The number of nitrogens with zero attached hydrogens (tertiary/aromatic N) is 1. The summed E-state index contributed by atoms with van der Waals surface area (Å²) in [5.74, 6) is 0.0478. The average Bonchev–Trinajstić information content (AvgIpc) is 2.81. The van der Waals surface area contributed by atoms with E-state index in [0.29, 0.717) is 6.42 Å². The lowest BCUT2D eigenvalue weighted by molar-refractivity contribution is -0.159. The van der Waals surface area contributed by atoms with Gasteiger partial charge in [0.15, 0.2) is 0 Å². The van der Waals surface area contributed by atoms with E-state index in [-0.39, 0.29) is 34.9 Å². The topological polar surface area (TPSA) is 46.6 Å². The summed E-state index contributed by atoms with van der Waals surface area (Å²) in [5, 5.41) is 0. The van der Waals surface area contributed by atoms with Crippen molar-refractivity contribution in [3.8, 4) is 0 Å². The minimum absolute atomic E-state index is 0.0502. The third-order valence-electron chi connectivity index (χ3n) is 5.68. The normalized spacial score (nSPS) is 19.2. The minimum Gasteiger partial charge on any atom is -0.462 e. The van der Waals surface area contributed by atoms with Gasteiger partial charge in [0.1, 0.15) is 6.10 Å². The molecule has 0 aromatic heterocycles. The van der Waals surface area contributed by atoms with Crippen LogP contribution in [0.1, 0.15) is 74.1 Å². The van der Waals surface area contributed by atoms with Gasteiger partial charge in [0.25, 0.3) is 0 Å². The van der Waals surface area contributed by atoms with Gasteiger partial charge in [-0.2, -0.15) is 0 Å². The van der Waals surface area contributed by atoms with Gasteiger partial charge >= 0.3 is 5.97 Å². The Bertz CT molecular complexity index is 415. The van der Waals surface area contributed by atoms with E-state index in [2.05, 4.69) is 41.5 Å². The second-order valence-electron chi connectivity index (χ2n) is 7.86. The smallest absolute Gasteiger partial charge is 0.302 e. The highest BCUT2D eigenvalue weighted by Gasteiger charge is 2.45. The first-order valence-corrected chi connectivity index (χ1v) is 8.49. The zero-order chi connectivity index (χ0) is 17.1. The Morgan fingerprint density at radius 2 is 1.91 bits per heavy atom. The Hall–Kier alpha value is -1.06. The van der Waals surface area contributed by atoms with E-state index in [0.717, 1.165) is 25.8 Å². The first kappa shape index (κ1) is 19.0. The number of hydrogen-bond acceptors (Lipinski definition) is 3. The molecular weight excluding hydrogens is 278 g/mol. The molecule has 0 aromatic carbocycles. The molecule has 0 saturated carbocycles. The van der Waals surface area contributed by atoms with Crippen molar-refractivity contribution in [1.29, 1.82) is 0 Å². The Balaban J connectivity index is 2.85. The van der Waals surface area contributed by atoms with Gasteiger partial charge in [-0.15, -0.1) is 0 Å². The predicted octanol–water partition coefficient (Wildman–Crippen LogP) is 3.78. The molecule has 2 unspecified atom stereocenters. The lowest BCUT2D eigenvalue weighted by Crippen LogP contribution is -2.48. The van der Waals surface area contributed by atoms with Crippen LogP contribution in [0.3, 0.4) is 0 Å². The van der Waals surface area contributed by atoms with E-state index in [1.165, 1.54) is 6.92 Å². The minimum atomic E-state index is -0.224. The molecule has 0 aliphatic carbocycles. The summed E-state index contributed by atoms with van der Waals surface area (Å²) in [6, 6.07) is 0.221. The van der Waals surface area contributed by atoms with Crippen molar-refractivity contribution in [2.24, 2.45) is 10.8 Å². The second kappa shape index (κ2) is 7.01. The van der Waals surface area contributed by atoms with Crippen LogP contribution in [0.25, 0.3) is 0 Å². The Kier molecular flexibility index (Phi) is 6.05. The number of ether oxygens (including phenoxy) is 1. The number of carbonyl (C=O) groups excluding carboxylic acids is 2.